The van der Waals surface area contributed by atoms with Gasteiger partial charge in [0.05, 0.1) is 11.8 Å². The Morgan fingerprint density at radius 3 is 2.28 bits per heavy atom. The van der Waals surface area contributed by atoms with Crippen molar-refractivity contribution in [3.05, 3.63) is 30.4 Å². The van der Waals surface area contributed by atoms with Gasteiger partial charge >= 0.3 is 0 Å². The van der Waals surface area contributed by atoms with E-state index in [0.29, 0.717) is 62.4 Å². The fourth-order valence-corrected chi connectivity index (χ4v) is 5.69. The van der Waals surface area contributed by atoms with Crippen LogP contribution < -0.4 is 14.8 Å². The van der Waals surface area contributed by atoms with Crippen LogP contribution in [0.1, 0.15) is 46.0 Å². The number of nitrogens with zero attached hydrogens (tertiary/aromatic N) is 2. The predicted molar refractivity (Wildman–Crippen MR) is 131 cm³/mol. The van der Waals surface area contributed by atoms with E-state index in [1.807, 2.05) is 26.0 Å². The first-order chi connectivity index (χ1) is 17.3. The molecule has 1 aromatic carbocycles. The fourth-order valence-electron chi connectivity index (χ4n) is 5.69. The number of ether oxygens (including phenoxy) is 2. The lowest BCUT2D eigenvalue weighted by Gasteiger charge is -2.36. The van der Waals surface area contributed by atoms with Gasteiger partial charge in [0.25, 0.3) is 0 Å². The summed E-state index contributed by atoms with van der Waals surface area (Å²) < 4.78 is 10.7. The molecule has 0 saturated carbocycles. The summed E-state index contributed by atoms with van der Waals surface area (Å²) in [5, 5.41) is 2.94. The molecule has 5 rings (SSSR count). The van der Waals surface area contributed by atoms with E-state index in [1.54, 1.807) is 23.1 Å². The van der Waals surface area contributed by atoms with Crippen molar-refractivity contribution in [3.63, 3.8) is 0 Å². The van der Waals surface area contributed by atoms with Crippen LogP contribution in [-0.2, 0) is 19.2 Å². The van der Waals surface area contributed by atoms with Gasteiger partial charge in [0.15, 0.2) is 11.5 Å². The zero-order valence-corrected chi connectivity index (χ0v) is 20.8. The number of hydrogen-bond acceptors (Lipinski definition) is 6. The Hall–Kier alpha value is -3.36. The molecule has 36 heavy (non-hydrogen) atoms. The maximum Gasteiger partial charge on any atom is 0.245 e. The number of amides is 4. The van der Waals surface area contributed by atoms with E-state index in [-0.39, 0.29) is 54.1 Å². The quantitative estimate of drug-likeness (QED) is 0.481. The molecule has 4 amide bonds. The summed E-state index contributed by atoms with van der Waals surface area (Å²) in [7, 11) is 0. The van der Waals surface area contributed by atoms with Crippen LogP contribution in [-0.4, -0.2) is 59.4 Å². The number of anilines is 1. The molecule has 3 atom stereocenters. The zero-order valence-electron chi connectivity index (χ0n) is 20.8. The third kappa shape index (κ3) is 4.58. The van der Waals surface area contributed by atoms with Gasteiger partial charge in [0.1, 0.15) is 6.04 Å². The van der Waals surface area contributed by atoms with Crippen LogP contribution in [0.25, 0.3) is 0 Å². The standard InChI is InChI=1S/C27H33N3O6/c1-16(2)13-21(30-25(32)19-5-3-4-6-20(19)26(30)33)27(34)29-11-9-17(10-12-29)24(31)28-18-7-8-22-23(14-18)36-15-35-22/h3-4,7-8,14,16-17,19-21H,5-6,9-13,15H2,1-2H3,(H,28,31)/t19-,20+,21-/m1/s1. The number of imide groups is 1. The number of fused-ring (bicyclic) bond motifs is 2. The van der Waals surface area contributed by atoms with Crippen molar-refractivity contribution in [1.29, 1.82) is 0 Å². The maximum absolute atomic E-state index is 13.6. The van der Waals surface area contributed by atoms with E-state index < -0.39 is 6.04 Å². The van der Waals surface area contributed by atoms with E-state index in [1.165, 1.54) is 4.90 Å². The zero-order chi connectivity index (χ0) is 25.4. The summed E-state index contributed by atoms with van der Waals surface area (Å²) in [4.78, 5) is 55.8. The number of piperidine rings is 1. The van der Waals surface area contributed by atoms with E-state index in [4.69, 9.17) is 9.47 Å². The number of likely N-dealkylation sites (tertiary alicyclic amines) is 2. The second-order valence-corrected chi connectivity index (χ2v) is 10.5. The van der Waals surface area contributed by atoms with E-state index >= 15 is 0 Å². The molecule has 0 unspecified atom stereocenters. The first kappa shape index (κ1) is 24.3. The normalized spacial score (nSPS) is 24.3. The number of rotatable bonds is 6. The third-order valence-electron chi connectivity index (χ3n) is 7.65. The van der Waals surface area contributed by atoms with Gasteiger partial charge in [-0.25, -0.2) is 0 Å². The predicted octanol–water partition coefficient (Wildman–Crippen LogP) is 2.96. The number of nitrogens with one attached hydrogen (secondary N) is 1. The molecule has 2 saturated heterocycles. The third-order valence-corrected chi connectivity index (χ3v) is 7.65. The van der Waals surface area contributed by atoms with Gasteiger partial charge in [-0.15, -0.1) is 0 Å². The summed E-state index contributed by atoms with van der Waals surface area (Å²) >= 11 is 0. The molecule has 9 heteroatoms. The van der Waals surface area contributed by atoms with Gasteiger partial charge in [-0.2, -0.15) is 0 Å². The van der Waals surface area contributed by atoms with Crippen LogP contribution in [0.3, 0.4) is 0 Å². The van der Waals surface area contributed by atoms with Crippen molar-refractivity contribution >= 4 is 29.3 Å². The smallest absolute Gasteiger partial charge is 0.245 e. The highest BCUT2D eigenvalue weighted by molar-refractivity contribution is 6.08. The average molecular weight is 496 g/mol. The second kappa shape index (κ2) is 9.95. The molecular weight excluding hydrogens is 462 g/mol. The summed E-state index contributed by atoms with van der Waals surface area (Å²) in [6, 6.07) is 4.50. The molecule has 2 fully saturated rings. The Balaban J connectivity index is 1.22. The number of carbonyl (C=O) groups is 4. The summed E-state index contributed by atoms with van der Waals surface area (Å²) in [6.45, 7) is 4.98. The molecule has 1 N–H and O–H groups in total. The average Bonchev–Trinajstić information content (AvgIpc) is 3.44. The van der Waals surface area contributed by atoms with Gasteiger partial charge < -0.3 is 19.7 Å². The lowest BCUT2D eigenvalue weighted by Crippen LogP contribution is -2.54. The van der Waals surface area contributed by atoms with Crippen molar-refractivity contribution in [2.24, 2.45) is 23.7 Å². The number of allylic oxidation sites excluding steroid dienone is 2. The largest absolute Gasteiger partial charge is 0.454 e. The first-order valence-corrected chi connectivity index (χ1v) is 12.8. The summed E-state index contributed by atoms with van der Waals surface area (Å²) in [5.41, 5.74) is 0.641. The lowest BCUT2D eigenvalue weighted by molar-refractivity contribution is -0.153. The van der Waals surface area contributed by atoms with Gasteiger partial charge in [-0.1, -0.05) is 26.0 Å². The monoisotopic (exact) mass is 495 g/mol. The van der Waals surface area contributed by atoms with Crippen molar-refractivity contribution < 1.29 is 28.7 Å². The molecule has 3 heterocycles. The van der Waals surface area contributed by atoms with Gasteiger partial charge in [-0.3, -0.25) is 24.1 Å². The minimum atomic E-state index is -0.783. The van der Waals surface area contributed by atoms with Crippen molar-refractivity contribution in [2.45, 2.75) is 52.0 Å². The Bertz CT molecular complexity index is 1060. The summed E-state index contributed by atoms with van der Waals surface area (Å²) in [5.74, 6) is -0.249. The number of benzene rings is 1. The van der Waals surface area contributed by atoms with Gasteiger partial charge in [0.2, 0.25) is 30.4 Å². The van der Waals surface area contributed by atoms with Crippen LogP contribution in [0.4, 0.5) is 5.69 Å². The molecule has 1 aromatic rings. The topological polar surface area (TPSA) is 105 Å². The van der Waals surface area contributed by atoms with Crippen molar-refractivity contribution in [3.8, 4) is 11.5 Å². The molecule has 0 radical (unpaired) electrons. The summed E-state index contributed by atoms with van der Waals surface area (Å²) in [6.07, 6.45) is 6.49. The minimum absolute atomic E-state index is 0.0961. The lowest BCUT2D eigenvalue weighted by atomic mass is 9.85. The highest BCUT2D eigenvalue weighted by Gasteiger charge is 2.51. The molecule has 0 bridgehead atoms. The Morgan fingerprint density at radius 1 is 1.00 bits per heavy atom. The first-order valence-electron chi connectivity index (χ1n) is 12.8. The maximum atomic E-state index is 13.6. The van der Waals surface area contributed by atoms with E-state index in [2.05, 4.69) is 5.32 Å². The van der Waals surface area contributed by atoms with Crippen LogP contribution in [0, 0.1) is 23.7 Å². The SMILES string of the molecule is CC(C)C[C@H](C(=O)N1CCC(C(=O)Nc2ccc3c(c2)OCO3)CC1)N1C(=O)[C@H]2CC=CC[C@H]2C1=O. The number of hydrogen-bond donors (Lipinski definition) is 1. The highest BCUT2D eigenvalue weighted by atomic mass is 16.7. The van der Waals surface area contributed by atoms with Crippen LogP contribution in [0.15, 0.2) is 30.4 Å². The Kier molecular flexibility index (Phi) is 6.73. The molecule has 0 spiro atoms. The van der Waals surface area contributed by atoms with Crippen LogP contribution in [0.2, 0.25) is 0 Å². The van der Waals surface area contributed by atoms with Crippen LogP contribution >= 0.6 is 0 Å². The van der Waals surface area contributed by atoms with Crippen molar-refractivity contribution in [2.75, 3.05) is 25.2 Å². The van der Waals surface area contributed by atoms with E-state index in [0.717, 1.165) is 0 Å². The van der Waals surface area contributed by atoms with Gasteiger partial charge in [0, 0.05) is 30.8 Å². The number of carbonyl (C=O) groups excluding carboxylic acids is 4. The van der Waals surface area contributed by atoms with Crippen molar-refractivity contribution in [1.82, 2.24) is 9.80 Å². The molecule has 1 aliphatic carbocycles. The minimum Gasteiger partial charge on any atom is -0.454 e. The van der Waals surface area contributed by atoms with Gasteiger partial charge in [-0.05, 0) is 50.2 Å². The molecular formula is C27H33N3O6. The molecule has 9 nitrogen and oxygen atoms in total. The Morgan fingerprint density at radius 2 is 1.64 bits per heavy atom. The van der Waals surface area contributed by atoms with Crippen LogP contribution in [0.5, 0.6) is 11.5 Å². The molecule has 3 aliphatic heterocycles. The molecule has 0 aromatic heterocycles. The fraction of sp³-hybridized carbons (Fsp3) is 0.556. The highest BCUT2D eigenvalue weighted by Crippen LogP contribution is 2.38. The molecule has 192 valence electrons. The Labute approximate surface area is 210 Å². The molecule has 4 aliphatic rings. The van der Waals surface area contributed by atoms with E-state index in [9.17, 15) is 19.2 Å². The second-order valence-electron chi connectivity index (χ2n) is 10.5.